The molecule has 0 spiro atoms. The van der Waals surface area contributed by atoms with Crippen molar-refractivity contribution in [2.45, 2.75) is 19.1 Å². The van der Waals surface area contributed by atoms with Crippen molar-refractivity contribution in [3.63, 3.8) is 0 Å². The SMILES string of the molecule is COC1CNCC1NC(=O)c1occc1C. The Morgan fingerprint density at radius 1 is 1.62 bits per heavy atom. The average molecular weight is 224 g/mol. The summed E-state index contributed by atoms with van der Waals surface area (Å²) in [6.07, 6.45) is 1.55. The number of amides is 1. The lowest BCUT2D eigenvalue weighted by Gasteiger charge is -2.17. The van der Waals surface area contributed by atoms with Gasteiger partial charge in [-0.1, -0.05) is 0 Å². The Labute approximate surface area is 94.1 Å². The zero-order valence-electron chi connectivity index (χ0n) is 9.45. The van der Waals surface area contributed by atoms with E-state index in [4.69, 9.17) is 9.15 Å². The molecule has 2 atom stereocenters. The summed E-state index contributed by atoms with van der Waals surface area (Å²) in [5, 5.41) is 6.07. The fraction of sp³-hybridized carbons (Fsp3) is 0.545. The Morgan fingerprint density at radius 2 is 2.44 bits per heavy atom. The third-order valence-electron chi connectivity index (χ3n) is 2.85. The lowest BCUT2D eigenvalue weighted by atomic mass is 10.2. The summed E-state index contributed by atoms with van der Waals surface area (Å²) < 4.78 is 10.4. The molecule has 0 aliphatic carbocycles. The molecule has 2 rings (SSSR count). The fourth-order valence-electron chi connectivity index (χ4n) is 1.89. The van der Waals surface area contributed by atoms with Crippen LogP contribution in [-0.2, 0) is 4.74 Å². The summed E-state index contributed by atoms with van der Waals surface area (Å²) in [5.74, 6) is 0.194. The van der Waals surface area contributed by atoms with Gasteiger partial charge in [-0.3, -0.25) is 4.79 Å². The van der Waals surface area contributed by atoms with Crippen LogP contribution in [0.3, 0.4) is 0 Å². The number of rotatable bonds is 3. The average Bonchev–Trinajstić information content (AvgIpc) is 2.86. The van der Waals surface area contributed by atoms with E-state index in [0.717, 1.165) is 18.7 Å². The molecule has 5 heteroatoms. The summed E-state index contributed by atoms with van der Waals surface area (Å²) in [6, 6.07) is 1.78. The second-order valence-corrected chi connectivity index (χ2v) is 3.95. The minimum Gasteiger partial charge on any atom is -0.459 e. The molecular weight excluding hydrogens is 208 g/mol. The first-order valence-corrected chi connectivity index (χ1v) is 5.31. The van der Waals surface area contributed by atoms with Crippen molar-refractivity contribution in [2.75, 3.05) is 20.2 Å². The normalized spacial score (nSPS) is 24.6. The van der Waals surface area contributed by atoms with Crippen LogP contribution in [0.2, 0.25) is 0 Å². The van der Waals surface area contributed by atoms with Gasteiger partial charge in [-0.25, -0.2) is 0 Å². The highest BCUT2D eigenvalue weighted by atomic mass is 16.5. The van der Waals surface area contributed by atoms with Gasteiger partial charge >= 0.3 is 0 Å². The van der Waals surface area contributed by atoms with E-state index in [-0.39, 0.29) is 18.1 Å². The van der Waals surface area contributed by atoms with Gasteiger partial charge in [-0.15, -0.1) is 0 Å². The van der Waals surface area contributed by atoms with E-state index in [1.165, 1.54) is 6.26 Å². The van der Waals surface area contributed by atoms with Gasteiger partial charge in [-0.05, 0) is 13.0 Å². The Bertz CT molecular complexity index is 375. The standard InChI is InChI=1S/C11H16N2O3/c1-7-3-4-16-10(7)11(14)13-8-5-12-6-9(8)15-2/h3-4,8-9,12H,5-6H2,1-2H3,(H,13,14). The minimum absolute atomic E-state index is 0.00185. The molecule has 1 aromatic rings. The van der Waals surface area contributed by atoms with Crippen LogP contribution >= 0.6 is 0 Å². The highest BCUT2D eigenvalue weighted by Crippen LogP contribution is 2.10. The smallest absolute Gasteiger partial charge is 0.287 e. The summed E-state index contributed by atoms with van der Waals surface area (Å²) >= 11 is 0. The first-order valence-electron chi connectivity index (χ1n) is 5.31. The Hall–Kier alpha value is -1.33. The summed E-state index contributed by atoms with van der Waals surface area (Å²) in [5.41, 5.74) is 0.845. The number of nitrogens with one attached hydrogen (secondary N) is 2. The number of carbonyl (C=O) groups is 1. The lowest BCUT2D eigenvalue weighted by Crippen LogP contribution is -2.43. The summed E-state index contributed by atoms with van der Waals surface area (Å²) in [7, 11) is 1.65. The molecule has 1 amide bonds. The number of ether oxygens (including phenoxy) is 1. The largest absolute Gasteiger partial charge is 0.459 e. The van der Waals surface area contributed by atoms with Gasteiger partial charge < -0.3 is 19.8 Å². The molecule has 88 valence electrons. The molecule has 1 aliphatic rings. The number of furan rings is 1. The molecule has 0 saturated carbocycles. The molecule has 1 aromatic heterocycles. The topological polar surface area (TPSA) is 63.5 Å². The van der Waals surface area contributed by atoms with Crippen LogP contribution in [0, 0.1) is 6.92 Å². The van der Waals surface area contributed by atoms with Crippen molar-refractivity contribution < 1.29 is 13.9 Å². The van der Waals surface area contributed by atoms with E-state index < -0.39 is 0 Å². The Kier molecular flexibility index (Phi) is 3.26. The van der Waals surface area contributed by atoms with Gasteiger partial charge in [0, 0.05) is 25.8 Å². The van der Waals surface area contributed by atoms with Gasteiger partial charge in [0.25, 0.3) is 5.91 Å². The third kappa shape index (κ3) is 2.10. The van der Waals surface area contributed by atoms with E-state index in [2.05, 4.69) is 10.6 Å². The highest BCUT2D eigenvalue weighted by molar-refractivity contribution is 5.93. The van der Waals surface area contributed by atoms with Gasteiger partial charge in [0.2, 0.25) is 0 Å². The van der Waals surface area contributed by atoms with E-state index in [1.54, 1.807) is 13.2 Å². The molecule has 1 fully saturated rings. The number of carbonyl (C=O) groups excluding carboxylic acids is 1. The van der Waals surface area contributed by atoms with Gasteiger partial charge in [0.05, 0.1) is 18.4 Å². The maximum Gasteiger partial charge on any atom is 0.287 e. The zero-order chi connectivity index (χ0) is 11.5. The van der Waals surface area contributed by atoms with Crippen LogP contribution in [0.15, 0.2) is 16.7 Å². The van der Waals surface area contributed by atoms with Crippen molar-refractivity contribution in [1.82, 2.24) is 10.6 Å². The van der Waals surface area contributed by atoms with Crippen molar-refractivity contribution in [2.24, 2.45) is 0 Å². The Morgan fingerprint density at radius 3 is 3.06 bits per heavy atom. The van der Waals surface area contributed by atoms with Gasteiger partial charge in [0.1, 0.15) is 0 Å². The van der Waals surface area contributed by atoms with Crippen LogP contribution in [-0.4, -0.2) is 38.3 Å². The molecule has 1 saturated heterocycles. The van der Waals surface area contributed by atoms with E-state index in [0.29, 0.717) is 5.76 Å². The quantitative estimate of drug-likeness (QED) is 0.775. The molecule has 1 aliphatic heterocycles. The first-order chi connectivity index (χ1) is 7.72. The minimum atomic E-state index is -0.182. The Balaban J connectivity index is 2.00. The molecule has 16 heavy (non-hydrogen) atoms. The van der Waals surface area contributed by atoms with E-state index in [1.807, 2.05) is 6.92 Å². The van der Waals surface area contributed by atoms with Crippen LogP contribution in [0.5, 0.6) is 0 Å². The van der Waals surface area contributed by atoms with E-state index in [9.17, 15) is 4.79 Å². The summed E-state index contributed by atoms with van der Waals surface area (Å²) in [6.45, 7) is 3.34. The number of aryl methyl sites for hydroxylation is 1. The predicted octanol–water partition coefficient (Wildman–Crippen LogP) is 0.305. The van der Waals surface area contributed by atoms with Crippen LogP contribution in [0.1, 0.15) is 16.1 Å². The van der Waals surface area contributed by atoms with Crippen molar-refractivity contribution >= 4 is 5.91 Å². The molecular formula is C11H16N2O3. The number of hydrogen-bond acceptors (Lipinski definition) is 4. The van der Waals surface area contributed by atoms with Crippen molar-refractivity contribution in [3.05, 3.63) is 23.7 Å². The second kappa shape index (κ2) is 4.67. The van der Waals surface area contributed by atoms with Crippen molar-refractivity contribution in [3.8, 4) is 0 Å². The first kappa shape index (κ1) is 11.2. The molecule has 2 N–H and O–H groups in total. The lowest BCUT2D eigenvalue weighted by molar-refractivity contribution is 0.0759. The summed E-state index contributed by atoms with van der Waals surface area (Å²) in [4.78, 5) is 11.9. The van der Waals surface area contributed by atoms with Gasteiger partial charge in [0.15, 0.2) is 5.76 Å². The molecule has 0 bridgehead atoms. The number of hydrogen-bond donors (Lipinski definition) is 2. The third-order valence-corrected chi connectivity index (χ3v) is 2.85. The zero-order valence-corrected chi connectivity index (χ0v) is 9.45. The monoisotopic (exact) mass is 224 g/mol. The molecule has 5 nitrogen and oxygen atoms in total. The predicted molar refractivity (Wildman–Crippen MR) is 58.4 cm³/mol. The van der Waals surface area contributed by atoms with Crippen LogP contribution in [0.4, 0.5) is 0 Å². The fourth-order valence-corrected chi connectivity index (χ4v) is 1.89. The van der Waals surface area contributed by atoms with E-state index >= 15 is 0 Å². The second-order valence-electron chi connectivity index (χ2n) is 3.95. The number of methoxy groups -OCH3 is 1. The maximum absolute atomic E-state index is 11.9. The molecule has 2 heterocycles. The molecule has 2 unspecified atom stereocenters. The van der Waals surface area contributed by atoms with Crippen molar-refractivity contribution in [1.29, 1.82) is 0 Å². The van der Waals surface area contributed by atoms with Gasteiger partial charge in [-0.2, -0.15) is 0 Å². The van der Waals surface area contributed by atoms with Crippen LogP contribution < -0.4 is 10.6 Å². The molecule has 0 aromatic carbocycles. The highest BCUT2D eigenvalue weighted by Gasteiger charge is 2.29. The maximum atomic E-state index is 11.9. The molecule has 0 radical (unpaired) electrons. The van der Waals surface area contributed by atoms with Crippen LogP contribution in [0.25, 0.3) is 0 Å².